The lowest BCUT2D eigenvalue weighted by Gasteiger charge is -2.20. The van der Waals surface area contributed by atoms with Crippen molar-refractivity contribution in [1.82, 2.24) is 4.98 Å². The fourth-order valence-corrected chi connectivity index (χ4v) is 2.68. The number of alkyl halides is 3. The first-order valence-electron chi connectivity index (χ1n) is 7.41. The summed E-state index contributed by atoms with van der Waals surface area (Å²) in [6.45, 7) is 1.27. The van der Waals surface area contributed by atoms with E-state index in [9.17, 15) is 13.2 Å². The van der Waals surface area contributed by atoms with E-state index in [2.05, 4.69) is 11.1 Å². The van der Waals surface area contributed by atoms with Crippen molar-refractivity contribution >= 4 is 5.69 Å². The number of pyridine rings is 1. The topological polar surface area (TPSA) is 49.2 Å². The second kappa shape index (κ2) is 6.40. The SMILES string of the molecule is N#Cc1ccccc1N1CCC(Oc2ccc(C(F)(F)F)cn2)C1. The number of para-hydroxylation sites is 1. The van der Waals surface area contributed by atoms with Crippen molar-refractivity contribution in [3.8, 4) is 11.9 Å². The number of benzene rings is 1. The highest BCUT2D eigenvalue weighted by atomic mass is 19.4. The van der Waals surface area contributed by atoms with E-state index in [4.69, 9.17) is 10.00 Å². The van der Waals surface area contributed by atoms with Gasteiger partial charge in [0.15, 0.2) is 0 Å². The summed E-state index contributed by atoms with van der Waals surface area (Å²) in [5.74, 6) is 0.170. The summed E-state index contributed by atoms with van der Waals surface area (Å²) in [7, 11) is 0. The highest BCUT2D eigenvalue weighted by Gasteiger charge is 2.31. The largest absolute Gasteiger partial charge is 0.472 e. The Morgan fingerprint density at radius 1 is 1.21 bits per heavy atom. The van der Waals surface area contributed by atoms with Gasteiger partial charge in [0.1, 0.15) is 12.2 Å². The average molecular weight is 333 g/mol. The molecular weight excluding hydrogens is 319 g/mol. The molecule has 1 aromatic carbocycles. The van der Waals surface area contributed by atoms with E-state index in [1.54, 1.807) is 12.1 Å². The summed E-state index contributed by atoms with van der Waals surface area (Å²) in [6, 6.07) is 11.6. The zero-order valence-electron chi connectivity index (χ0n) is 12.6. The van der Waals surface area contributed by atoms with Crippen molar-refractivity contribution in [2.75, 3.05) is 18.0 Å². The Morgan fingerprint density at radius 3 is 2.67 bits per heavy atom. The monoisotopic (exact) mass is 333 g/mol. The van der Waals surface area contributed by atoms with Crippen LogP contribution in [0.5, 0.6) is 5.88 Å². The first kappa shape index (κ1) is 16.1. The number of aromatic nitrogens is 1. The summed E-state index contributed by atoms with van der Waals surface area (Å²) in [6.07, 6.45) is -3.10. The molecule has 4 nitrogen and oxygen atoms in total. The third kappa shape index (κ3) is 3.43. The van der Waals surface area contributed by atoms with Gasteiger partial charge < -0.3 is 9.64 Å². The molecule has 0 bridgehead atoms. The lowest BCUT2D eigenvalue weighted by Crippen LogP contribution is -2.25. The van der Waals surface area contributed by atoms with Crippen LogP contribution in [0.3, 0.4) is 0 Å². The van der Waals surface area contributed by atoms with Crippen molar-refractivity contribution in [3.05, 3.63) is 53.7 Å². The molecule has 1 aromatic heterocycles. The summed E-state index contributed by atoms with van der Waals surface area (Å²) in [4.78, 5) is 5.76. The van der Waals surface area contributed by atoms with Gasteiger partial charge in [-0.25, -0.2) is 4.98 Å². The molecule has 1 unspecified atom stereocenters. The normalized spacial score (nSPS) is 17.6. The molecule has 1 atom stereocenters. The molecule has 1 aliphatic rings. The van der Waals surface area contributed by atoms with Crippen LogP contribution in [0.4, 0.5) is 18.9 Å². The van der Waals surface area contributed by atoms with Crippen LogP contribution in [-0.2, 0) is 6.18 Å². The van der Waals surface area contributed by atoms with Crippen molar-refractivity contribution < 1.29 is 17.9 Å². The third-order valence-electron chi connectivity index (χ3n) is 3.86. The van der Waals surface area contributed by atoms with Crippen molar-refractivity contribution in [2.45, 2.75) is 18.7 Å². The number of ether oxygens (including phenoxy) is 1. The molecule has 2 heterocycles. The van der Waals surface area contributed by atoms with E-state index in [-0.39, 0.29) is 12.0 Å². The third-order valence-corrected chi connectivity index (χ3v) is 3.86. The predicted octanol–water partition coefficient (Wildman–Crippen LogP) is 3.63. The summed E-state index contributed by atoms with van der Waals surface area (Å²) in [5.41, 5.74) is 0.628. The quantitative estimate of drug-likeness (QED) is 0.861. The van der Waals surface area contributed by atoms with Crippen LogP contribution in [0.15, 0.2) is 42.6 Å². The highest BCUT2D eigenvalue weighted by molar-refractivity contribution is 5.59. The second-order valence-electron chi connectivity index (χ2n) is 5.49. The van der Waals surface area contributed by atoms with Gasteiger partial charge in [-0.3, -0.25) is 0 Å². The molecule has 0 amide bonds. The Bertz CT molecular complexity index is 753. The van der Waals surface area contributed by atoms with Gasteiger partial charge in [-0.2, -0.15) is 18.4 Å². The molecule has 24 heavy (non-hydrogen) atoms. The summed E-state index contributed by atoms with van der Waals surface area (Å²) in [5, 5.41) is 9.16. The van der Waals surface area contributed by atoms with Crippen molar-refractivity contribution in [3.63, 3.8) is 0 Å². The first-order valence-corrected chi connectivity index (χ1v) is 7.41. The van der Waals surface area contributed by atoms with Gasteiger partial charge >= 0.3 is 6.18 Å². The van der Waals surface area contributed by atoms with Crippen LogP contribution in [0.25, 0.3) is 0 Å². The van der Waals surface area contributed by atoms with E-state index in [0.29, 0.717) is 25.1 Å². The maximum absolute atomic E-state index is 12.5. The number of anilines is 1. The van der Waals surface area contributed by atoms with E-state index >= 15 is 0 Å². The summed E-state index contributed by atoms with van der Waals surface area (Å²) < 4.78 is 43.2. The number of nitrogens with zero attached hydrogens (tertiary/aromatic N) is 3. The lowest BCUT2D eigenvalue weighted by atomic mass is 10.2. The molecule has 1 fully saturated rings. The molecule has 3 rings (SSSR count). The second-order valence-corrected chi connectivity index (χ2v) is 5.49. The molecule has 0 saturated carbocycles. The van der Waals surface area contributed by atoms with Crippen molar-refractivity contribution in [2.24, 2.45) is 0 Å². The zero-order chi connectivity index (χ0) is 17.2. The fraction of sp³-hybridized carbons (Fsp3) is 0.294. The number of nitriles is 1. The predicted molar refractivity (Wildman–Crippen MR) is 81.6 cm³/mol. The van der Waals surface area contributed by atoms with Crippen LogP contribution in [0.1, 0.15) is 17.5 Å². The van der Waals surface area contributed by atoms with E-state index in [1.807, 2.05) is 17.0 Å². The number of hydrogen-bond acceptors (Lipinski definition) is 4. The molecule has 124 valence electrons. The maximum Gasteiger partial charge on any atom is 0.417 e. The molecule has 2 aromatic rings. The van der Waals surface area contributed by atoms with Crippen LogP contribution in [-0.4, -0.2) is 24.2 Å². The maximum atomic E-state index is 12.5. The smallest absolute Gasteiger partial charge is 0.417 e. The van der Waals surface area contributed by atoms with Gasteiger partial charge in [-0.15, -0.1) is 0 Å². The Balaban J connectivity index is 1.65. The highest BCUT2D eigenvalue weighted by Crippen LogP contribution is 2.30. The minimum Gasteiger partial charge on any atom is -0.472 e. The molecule has 0 spiro atoms. The molecule has 0 aliphatic carbocycles. The Labute approximate surface area is 137 Å². The molecular formula is C17H14F3N3O. The molecule has 1 aliphatic heterocycles. The molecule has 1 saturated heterocycles. The molecule has 0 radical (unpaired) electrons. The lowest BCUT2D eigenvalue weighted by molar-refractivity contribution is -0.137. The van der Waals surface area contributed by atoms with Gasteiger partial charge in [-0.1, -0.05) is 12.1 Å². The van der Waals surface area contributed by atoms with Gasteiger partial charge in [-0.05, 0) is 18.2 Å². The standard InChI is InChI=1S/C17H14F3N3O/c18-17(19,20)13-5-6-16(22-10-13)24-14-7-8-23(11-14)15-4-2-1-3-12(15)9-21/h1-6,10,14H,7-8,11H2. The number of halogens is 3. The zero-order valence-corrected chi connectivity index (χ0v) is 12.6. The Hall–Kier alpha value is -2.75. The average Bonchev–Trinajstić information content (AvgIpc) is 3.03. The van der Waals surface area contributed by atoms with Crippen molar-refractivity contribution in [1.29, 1.82) is 5.26 Å². The fourth-order valence-electron chi connectivity index (χ4n) is 2.68. The van der Waals surface area contributed by atoms with Gasteiger partial charge in [0.05, 0.1) is 23.4 Å². The van der Waals surface area contributed by atoms with E-state index in [1.165, 1.54) is 6.07 Å². The Kier molecular flexibility index (Phi) is 4.30. The number of hydrogen-bond donors (Lipinski definition) is 0. The van der Waals surface area contributed by atoms with Crippen LogP contribution < -0.4 is 9.64 Å². The van der Waals surface area contributed by atoms with Gasteiger partial charge in [0.2, 0.25) is 5.88 Å². The van der Waals surface area contributed by atoms with Gasteiger partial charge in [0, 0.05) is 25.2 Å². The van der Waals surface area contributed by atoms with Crippen LogP contribution >= 0.6 is 0 Å². The number of rotatable bonds is 3. The van der Waals surface area contributed by atoms with E-state index < -0.39 is 11.7 Å². The van der Waals surface area contributed by atoms with E-state index in [0.717, 1.165) is 18.0 Å². The van der Waals surface area contributed by atoms with Crippen LogP contribution in [0.2, 0.25) is 0 Å². The summed E-state index contributed by atoms with van der Waals surface area (Å²) >= 11 is 0. The first-order chi connectivity index (χ1) is 11.5. The van der Waals surface area contributed by atoms with Crippen LogP contribution in [0, 0.1) is 11.3 Å². The molecule has 7 heteroatoms. The van der Waals surface area contributed by atoms with Gasteiger partial charge in [0.25, 0.3) is 0 Å². The minimum absolute atomic E-state index is 0.170. The molecule has 0 N–H and O–H groups in total. The minimum atomic E-state index is -4.41. The Morgan fingerprint density at radius 2 is 2.00 bits per heavy atom.